The molecule has 0 radical (unpaired) electrons. The Balaban J connectivity index is 1.47. The minimum Gasteiger partial charge on any atom is -0.503 e. The van der Waals surface area contributed by atoms with Crippen LogP contribution in [0.5, 0.6) is 5.75 Å². The lowest BCUT2D eigenvalue weighted by atomic mass is 9.95. The number of rotatable bonds is 12. The van der Waals surface area contributed by atoms with E-state index in [0.717, 1.165) is 29.7 Å². The third-order valence-electron chi connectivity index (χ3n) is 6.55. The maximum atomic E-state index is 14.1. The normalized spacial score (nSPS) is 15.1. The maximum absolute atomic E-state index is 14.1. The van der Waals surface area contributed by atoms with E-state index in [1.54, 1.807) is 42.5 Å². The molecule has 1 unspecified atom stereocenters. The van der Waals surface area contributed by atoms with Gasteiger partial charge in [-0.1, -0.05) is 103 Å². The third-order valence-corrected chi connectivity index (χ3v) is 8.66. The molecule has 0 spiro atoms. The van der Waals surface area contributed by atoms with Crippen LogP contribution in [0, 0.1) is 5.82 Å². The van der Waals surface area contributed by atoms with Gasteiger partial charge in [0, 0.05) is 5.75 Å². The van der Waals surface area contributed by atoms with E-state index in [4.69, 9.17) is 4.74 Å². The summed E-state index contributed by atoms with van der Waals surface area (Å²) in [6.07, 6.45) is 4.84. The van der Waals surface area contributed by atoms with E-state index in [1.807, 2.05) is 36.4 Å². The van der Waals surface area contributed by atoms with Gasteiger partial charge < -0.3 is 9.84 Å². The molecule has 0 aliphatic carbocycles. The number of thioether (sulfide) groups is 1. The Morgan fingerprint density at radius 3 is 2.67 bits per heavy atom. The molecule has 42 heavy (non-hydrogen) atoms. The van der Waals surface area contributed by atoms with Crippen molar-refractivity contribution in [1.82, 2.24) is 10.2 Å². The largest absolute Gasteiger partial charge is 0.503 e. The highest BCUT2D eigenvalue weighted by molar-refractivity contribution is 8.00. The lowest BCUT2D eigenvalue weighted by Crippen LogP contribution is -2.30. The second kappa shape index (κ2) is 13.6. The van der Waals surface area contributed by atoms with Crippen LogP contribution in [0.15, 0.2) is 101 Å². The Labute approximate surface area is 251 Å². The van der Waals surface area contributed by atoms with Crippen LogP contribution in [0.2, 0.25) is 0 Å². The number of halogens is 1. The molecule has 0 saturated carbocycles. The Hall–Kier alpha value is -4.28. The number of aliphatic hydroxyl groups excluding tert-OH is 1. The first-order chi connectivity index (χ1) is 20.5. The highest BCUT2D eigenvalue weighted by atomic mass is 32.2. The van der Waals surface area contributed by atoms with E-state index in [1.165, 1.54) is 28.8 Å². The van der Waals surface area contributed by atoms with Crippen LogP contribution in [0.1, 0.15) is 42.5 Å². The molecule has 4 aromatic rings. The van der Waals surface area contributed by atoms with Gasteiger partial charge in [0.05, 0.1) is 18.2 Å². The summed E-state index contributed by atoms with van der Waals surface area (Å²) in [6, 6.07) is 21.9. The van der Waals surface area contributed by atoms with Crippen molar-refractivity contribution in [3.05, 3.63) is 119 Å². The lowest BCUT2D eigenvalue weighted by molar-refractivity contribution is -0.117. The van der Waals surface area contributed by atoms with Gasteiger partial charge in [0.25, 0.3) is 5.91 Å². The summed E-state index contributed by atoms with van der Waals surface area (Å²) in [5.74, 6) is -1.30. The van der Waals surface area contributed by atoms with Crippen molar-refractivity contribution >= 4 is 46.0 Å². The molecule has 7 nitrogen and oxygen atoms in total. The zero-order valence-electron chi connectivity index (χ0n) is 22.8. The molecule has 1 N–H and O–H groups in total. The summed E-state index contributed by atoms with van der Waals surface area (Å²) in [5, 5.41) is 19.7. The van der Waals surface area contributed by atoms with Gasteiger partial charge in [0.2, 0.25) is 5.13 Å². The average molecular weight is 602 g/mol. The molecule has 0 bridgehead atoms. The highest BCUT2D eigenvalue weighted by Crippen LogP contribution is 2.44. The number of anilines is 1. The number of amides is 1. The minimum absolute atomic E-state index is 0.0614. The summed E-state index contributed by atoms with van der Waals surface area (Å²) in [5.41, 5.74) is 1.84. The Morgan fingerprint density at radius 2 is 1.88 bits per heavy atom. The van der Waals surface area contributed by atoms with E-state index in [2.05, 4.69) is 17.1 Å². The van der Waals surface area contributed by atoms with Crippen molar-refractivity contribution in [3.8, 4) is 5.75 Å². The number of hydrogen-bond acceptors (Lipinski definition) is 8. The molecule has 0 fully saturated rings. The van der Waals surface area contributed by atoms with E-state index in [0.29, 0.717) is 33.6 Å². The van der Waals surface area contributed by atoms with Crippen LogP contribution in [-0.2, 0) is 15.3 Å². The zero-order valence-corrected chi connectivity index (χ0v) is 24.4. The van der Waals surface area contributed by atoms with Crippen LogP contribution in [0.4, 0.5) is 9.52 Å². The first-order valence-corrected chi connectivity index (χ1v) is 15.2. The molecule has 5 rings (SSSR count). The molecular weight excluding hydrogens is 574 g/mol. The van der Waals surface area contributed by atoms with Gasteiger partial charge in [0.1, 0.15) is 11.6 Å². The smallest absolute Gasteiger partial charge is 0.296 e. The average Bonchev–Trinajstić information content (AvgIpc) is 3.58. The first kappa shape index (κ1) is 29.2. The number of aliphatic hydroxyl groups is 1. The Kier molecular flexibility index (Phi) is 9.45. The van der Waals surface area contributed by atoms with Crippen molar-refractivity contribution in [3.63, 3.8) is 0 Å². The maximum Gasteiger partial charge on any atom is 0.296 e. The van der Waals surface area contributed by atoms with Crippen molar-refractivity contribution in [2.24, 2.45) is 0 Å². The molecule has 1 aliphatic rings. The number of unbranched alkanes of at least 4 members (excludes halogenated alkanes) is 1. The van der Waals surface area contributed by atoms with Crippen LogP contribution >= 0.6 is 23.1 Å². The molecule has 1 amide bonds. The lowest BCUT2D eigenvalue weighted by Gasteiger charge is -2.24. The number of hydrogen-bond donors (Lipinski definition) is 1. The van der Waals surface area contributed by atoms with E-state index < -0.39 is 23.5 Å². The van der Waals surface area contributed by atoms with Crippen LogP contribution in [0.3, 0.4) is 0 Å². The van der Waals surface area contributed by atoms with Crippen LogP contribution in [-0.4, -0.2) is 33.6 Å². The first-order valence-electron chi connectivity index (χ1n) is 13.4. The molecule has 3 aromatic carbocycles. The van der Waals surface area contributed by atoms with Crippen molar-refractivity contribution in [2.75, 3.05) is 11.5 Å². The van der Waals surface area contributed by atoms with Gasteiger partial charge >= 0.3 is 0 Å². The number of carbonyl (C=O) groups excluding carboxylic acids is 2. The number of aromatic nitrogens is 2. The van der Waals surface area contributed by atoms with Gasteiger partial charge in [-0.2, -0.15) is 0 Å². The fourth-order valence-corrected chi connectivity index (χ4v) is 6.27. The molecular formula is C32H28FN3O4S2. The van der Waals surface area contributed by atoms with Gasteiger partial charge in [-0.05, 0) is 47.4 Å². The molecule has 1 aliphatic heterocycles. The van der Waals surface area contributed by atoms with Gasteiger partial charge in [-0.15, -0.1) is 10.2 Å². The van der Waals surface area contributed by atoms with Crippen LogP contribution in [0.25, 0.3) is 6.08 Å². The number of nitrogens with zero attached hydrogens (tertiary/aromatic N) is 3. The van der Waals surface area contributed by atoms with Gasteiger partial charge in [-0.25, -0.2) is 4.39 Å². The number of ether oxygens (including phenoxy) is 1. The second-order valence-corrected chi connectivity index (χ2v) is 11.6. The number of benzene rings is 3. The molecule has 2 heterocycles. The fraction of sp³-hybridized carbons (Fsp3) is 0.188. The molecule has 214 valence electrons. The summed E-state index contributed by atoms with van der Waals surface area (Å²) < 4.78 is 20.5. The summed E-state index contributed by atoms with van der Waals surface area (Å²) in [6.45, 7) is 2.60. The number of carbonyl (C=O) groups is 2. The fourth-order valence-electron chi connectivity index (χ4n) is 4.42. The second-order valence-electron chi connectivity index (χ2n) is 9.45. The van der Waals surface area contributed by atoms with E-state index >= 15 is 0 Å². The summed E-state index contributed by atoms with van der Waals surface area (Å²) >= 11 is 2.42. The van der Waals surface area contributed by atoms with Crippen LogP contribution < -0.4 is 9.64 Å². The summed E-state index contributed by atoms with van der Waals surface area (Å²) in [7, 11) is 0. The third kappa shape index (κ3) is 6.61. The van der Waals surface area contributed by atoms with E-state index in [-0.39, 0.29) is 16.5 Å². The number of ketones is 1. The van der Waals surface area contributed by atoms with Crippen molar-refractivity contribution in [2.45, 2.75) is 35.9 Å². The van der Waals surface area contributed by atoms with Gasteiger partial charge in [-0.3, -0.25) is 14.5 Å². The molecule has 10 heteroatoms. The quantitative estimate of drug-likeness (QED) is 0.0787. The summed E-state index contributed by atoms with van der Waals surface area (Å²) in [4.78, 5) is 28.3. The Bertz CT molecular complexity index is 1640. The predicted octanol–water partition coefficient (Wildman–Crippen LogP) is 7.33. The predicted molar refractivity (Wildman–Crippen MR) is 163 cm³/mol. The Morgan fingerprint density at radius 1 is 1.10 bits per heavy atom. The van der Waals surface area contributed by atoms with E-state index in [9.17, 15) is 19.1 Å². The van der Waals surface area contributed by atoms with Gasteiger partial charge in [0.15, 0.2) is 15.9 Å². The zero-order chi connectivity index (χ0) is 29.5. The highest BCUT2D eigenvalue weighted by Gasteiger charge is 2.45. The number of allylic oxidation sites excluding steroid dienone is 1. The standard InChI is InChI=1S/C32H28FN3O4S2/c1-2-3-18-40-24-14-9-13-22(19-24)28-27(26(37)17-16-21-10-5-4-6-11-21)29(38)30(39)36(28)31-34-35-32(42-31)41-20-23-12-7-8-15-25(23)33/h4-17,19,28,38H,2-3,18,20H2,1H3/b17-16+. The van der Waals surface area contributed by atoms with Crippen molar-refractivity contribution < 1.29 is 23.8 Å². The molecule has 1 atom stereocenters. The topological polar surface area (TPSA) is 92.6 Å². The monoisotopic (exact) mass is 601 g/mol. The SMILES string of the molecule is CCCCOc1cccc(C2C(C(=O)/C=C/c3ccccc3)=C(O)C(=O)N2c2nnc(SCc3ccccc3F)s2)c1. The minimum atomic E-state index is -0.961. The molecule has 1 aromatic heterocycles. The molecule has 0 saturated heterocycles. The van der Waals surface area contributed by atoms with Crippen molar-refractivity contribution in [1.29, 1.82) is 0 Å².